The Hall–Kier alpha value is -1.40. The number of nitrogens with one attached hydrogen (secondary N) is 1. The number of ether oxygens (including phenoxy) is 1. The maximum atomic E-state index is 11.2. The van der Waals surface area contributed by atoms with Gasteiger partial charge in [-0.2, -0.15) is 0 Å². The molecule has 5 nitrogen and oxygen atoms in total. The van der Waals surface area contributed by atoms with E-state index in [1.807, 2.05) is 24.1 Å². The summed E-state index contributed by atoms with van der Waals surface area (Å²) in [7, 11) is 3.21. The standard InChI is InChI=1S/C10H15N3O2S/c1-13(10(16)12-11)8-5-3-7(4-6-8)9(14)15-2/h3-5,8H,6,11H2,1-2H3,(H,12,16). The summed E-state index contributed by atoms with van der Waals surface area (Å²) in [6.07, 6.45) is 6.15. The summed E-state index contributed by atoms with van der Waals surface area (Å²) < 4.78 is 4.62. The van der Waals surface area contributed by atoms with E-state index in [0.29, 0.717) is 17.1 Å². The number of rotatable bonds is 2. The molecule has 0 spiro atoms. The summed E-state index contributed by atoms with van der Waals surface area (Å²) >= 11 is 5.01. The number of esters is 1. The first-order valence-electron chi connectivity index (χ1n) is 4.80. The average Bonchev–Trinajstić information content (AvgIpc) is 2.36. The Labute approximate surface area is 99.9 Å². The van der Waals surface area contributed by atoms with Gasteiger partial charge in [0, 0.05) is 7.05 Å². The smallest absolute Gasteiger partial charge is 0.337 e. The van der Waals surface area contributed by atoms with Crippen molar-refractivity contribution in [2.24, 2.45) is 5.84 Å². The molecule has 1 unspecified atom stereocenters. The van der Waals surface area contributed by atoms with Crippen molar-refractivity contribution in [2.45, 2.75) is 12.5 Å². The second kappa shape index (κ2) is 5.62. The van der Waals surface area contributed by atoms with Crippen LogP contribution in [0.5, 0.6) is 0 Å². The van der Waals surface area contributed by atoms with Crippen molar-refractivity contribution in [1.29, 1.82) is 0 Å². The lowest BCUT2D eigenvalue weighted by atomic mass is 10.0. The highest BCUT2D eigenvalue weighted by atomic mass is 32.1. The van der Waals surface area contributed by atoms with Crippen LogP contribution in [0.15, 0.2) is 23.8 Å². The van der Waals surface area contributed by atoms with Gasteiger partial charge in [0.2, 0.25) is 0 Å². The van der Waals surface area contributed by atoms with E-state index in [1.54, 1.807) is 6.08 Å². The van der Waals surface area contributed by atoms with Gasteiger partial charge >= 0.3 is 5.97 Å². The first-order valence-corrected chi connectivity index (χ1v) is 5.21. The van der Waals surface area contributed by atoms with Gasteiger partial charge in [0.05, 0.1) is 18.7 Å². The molecule has 3 N–H and O–H groups in total. The number of methoxy groups -OCH3 is 1. The minimum atomic E-state index is -0.322. The molecule has 0 bridgehead atoms. The molecule has 6 heteroatoms. The van der Waals surface area contributed by atoms with E-state index in [4.69, 9.17) is 18.1 Å². The van der Waals surface area contributed by atoms with Gasteiger partial charge in [-0.15, -0.1) is 0 Å². The molecule has 16 heavy (non-hydrogen) atoms. The minimum Gasteiger partial charge on any atom is -0.465 e. The lowest BCUT2D eigenvalue weighted by Crippen LogP contribution is -2.45. The van der Waals surface area contributed by atoms with Crippen LogP contribution in [-0.4, -0.2) is 36.2 Å². The van der Waals surface area contributed by atoms with Crippen LogP contribution < -0.4 is 11.3 Å². The summed E-state index contributed by atoms with van der Waals surface area (Å²) in [6, 6.07) is 0.108. The highest BCUT2D eigenvalue weighted by Gasteiger charge is 2.18. The highest BCUT2D eigenvalue weighted by molar-refractivity contribution is 7.80. The third kappa shape index (κ3) is 2.80. The Kier molecular flexibility index (Phi) is 4.45. The molecular formula is C10H15N3O2S. The Balaban J connectivity index is 2.62. The molecule has 0 fully saturated rings. The number of thiocarbonyl (C=S) groups is 1. The minimum absolute atomic E-state index is 0.108. The molecule has 0 aromatic carbocycles. The van der Waals surface area contributed by atoms with E-state index in [2.05, 4.69) is 10.2 Å². The normalized spacial score (nSPS) is 18.7. The molecule has 1 atom stereocenters. The van der Waals surface area contributed by atoms with Crippen molar-refractivity contribution in [3.63, 3.8) is 0 Å². The van der Waals surface area contributed by atoms with Gasteiger partial charge in [-0.3, -0.25) is 0 Å². The quantitative estimate of drug-likeness (QED) is 0.309. The van der Waals surface area contributed by atoms with Crippen molar-refractivity contribution in [1.82, 2.24) is 10.3 Å². The molecule has 1 rings (SSSR count). The lowest BCUT2D eigenvalue weighted by molar-refractivity contribution is -0.135. The van der Waals surface area contributed by atoms with Crippen molar-refractivity contribution in [2.75, 3.05) is 14.2 Å². The predicted molar refractivity (Wildman–Crippen MR) is 65.3 cm³/mol. The molecule has 0 amide bonds. The van der Waals surface area contributed by atoms with Gasteiger partial charge in [0.25, 0.3) is 0 Å². The Morgan fingerprint density at radius 3 is 2.88 bits per heavy atom. The van der Waals surface area contributed by atoms with E-state index in [0.717, 1.165) is 0 Å². The Bertz CT molecular complexity index is 352. The molecule has 88 valence electrons. The molecule has 0 radical (unpaired) electrons. The number of carbonyl (C=O) groups is 1. The van der Waals surface area contributed by atoms with E-state index < -0.39 is 0 Å². The number of carbonyl (C=O) groups excluding carboxylic acids is 1. The molecule has 1 aliphatic rings. The van der Waals surface area contributed by atoms with Gasteiger partial charge < -0.3 is 15.1 Å². The van der Waals surface area contributed by atoms with Crippen molar-refractivity contribution < 1.29 is 9.53 Å². The van der Waals surface area contributed by atoms with Crippen LogP contribution in [-0.2, 0) is 9.53 Å². The zero-order valence-corrected chi connectivity index (χ0v) is 10.1. The van der Waals surface area contributed by atoms with Crippen LogP contribution in [0, 0.1) is 0 Å². The SMILES string of the molecule is COC(=O)C1=CCC(N(C)C(=S)NN)C=C1. The second-order valence-electron chi connectivity index (χ2n) is 3.37. The van der Waals surface area contributed by atoms with Crippen LogP contribution in [0.3, 0.4) is 0 Å². The van der Waals surface area contributed by atoms with Gasteiger partial charge in [-0.25, -0.2) is 10.6 Å². The number of nitrogens with two attached hydrogens (primary N) is 1. The van der Waals surface area contributed by atoms with E-state index in [9.17, 15) is 4.79 Å². The van der Waals surface area contributed by atoms with Crippen molar-refractivity contribution in [3.8, 4) is 0 Å². The van der Waals surface area contributed by atoms with E-state index >= 15 is 0 Å². The predicted octanol–water partition coefficient (Wildman–Crippen LogP) is 0.0943. The summed E-state index contributed by atoms with van der Waals surface area (Å²) in [5.41, 5.74) is 2.99. The summed E-state index contributed by atoms with van der Waals surface area (Å²) in [5.74, 6) is 4.91. The van der Waals surface area contributed by atoms with E-state index in [-0.39, 0.29) is 12.0 Å². The third-order valence-electron chi connectivity index (χ3n) is 2.44. The molecule has 1 aliphatic carbocycles. The highest BCUT2D eigenvalue weighted by Crippen LogP contribution is 2.15. The molecule has 0 aliphatic heterocycles. The largest absolute Gasteiger partial charge is 0.465 e. The zero-order chi connectivity index (χ0) is 12.1. The molecule has 0 heterocycles. The number of hydrogen-bond donors (Lipinski definition) is 2. The van der Waals surface area contributed by atoms with Gasteiger partial charge in [-0.05, 0) is 24.7 Å². The summed E-state index contributed by atoms with van der Waals surface area (Å²) in [5, 5.41) is 0.463. The van der Waals surface area contributed by atoms with Crippen LogP contribution in [0.25, 0.3) is 0 Å². The first-order chi connectivity index (χ1) is 7.60. The maximum Gasteiger partial charge on any atom is 0.337 e. The van der Waals surface area contributed by atoms with Crippen LogP contribution in [0.2, 0.25) is 0 Å². The summed E-state index contributed by atoms with van der Waals surface area (Å²) in [6.45, 7) is 0. The van der Waals surface area contributed by atoms with Gasteiger partial charge in [-0.1, -0.05) is 12.2 Å². The van der Waals surface area contributed by atoms with Gasteiger partial charge in [0.15, 0.2) is 5.11 Å². The number of likely N-dealkylation sites (N-methyl/N-ethyl adjacent to an activating group) is 1. The average molecular weight is 241 g/mol. The van der Waals surface area contributed by atoms with Crippen LogP contribution >= 0.6 is 12.2 Å². The fourth-order valence-electron chi connectivity index (χ4n) is 1.42. The number of nitrogens with zero attached hydrogens (tertiary/aromatic N) is 1. The fourth-order valence-corrected chi connectivity index (χ4v) is 1.55. The van der Waals surface area contributed by atoms with Crippen molar-refractivity contribution >= 4 is 23.3 Å². The molecule has 0 aromatic heterocycles. The van der Waals surface area contributed by atoms with Crippen molar-refractivity contribution in [3.05, 3.63) is 23.8 Å². The summed E-state index contributed by atoms with van der Waals surface area (Å²) in [4.78, 5) is 13.0. The molecule has 0 saturated heterocycles. The van der Waals surface area contributed by atoms with Crippen LogP contribution in [0.4, 0.5) is 0 Å². The molecule has 0 aromatic rings. The fraction of sp³-hybridized carbons (Fsp3) is 0.400. The lowest BCUT2D eigenvalue weighted by Gasteiger charge is -2.28. The third-order valence-corrected chi connectivity index (χ3v) is 2.85. The maximum absolute atomic E-state index is 11.2. The topological polar surface area (TPSA) is 67.6 Å². The van der Waals surface area contributed by atoms with Crippen LogP contribution in [0.1, 0.15) is 6.42 Å². The number of hydrogen-bond acceptors (Lipinski definition) is 4. The zero-order valence-electron chi connectivity index (χ0n) is 9.27. The second-order valence-corrected chi connectivity index (χ2v) is 3.76. The Morgan fingerprint density at radius 2 is 2.44 bits per heavy atom. The molecule has 0 saturated carbocycles. The number of hydrazine groups is 1. The first kappa shape index (κ1) is 12.7. The molecular weight excluding hydrogens is 226 g/mol. The van der Waals surface area contributed by atoms with Gasteiger partial charge in [0.1, 0.15) is 0 Å². The Morgan fingerprint density at radius 1 is 1.75 bits per heavy atom. The monoisotopic (exact) mass is 241 g/mol. The van der Waals surface area contributed by atoms with E-state index in [1.165, 1.54) is 7.11 Å².